The summed E-state index contributed by atoms with van der Waals surface area (Å²) in [6.07, 6.45) is 0. The molecule has 0 saturated heterocycles. The van der Waals surface area contributed by atoms with Gasteiger partial charge in [0.15, 0.2) is 0 Å². The third-order valence-corrected chi connectivity index (χ3v) is 0. The van der Waals surface area contributed by atoms with E-state index in [1.54, 1.807) is 0 Å². The second-order valence-electron chi connectivity index (χ2n) is 0.447. The third kappa shape index (κ3) is 224. The first-order valence-electron chi connectivity index (χ1n) is 0.730. The molecule has 0 saturated carbocycles. The van der Waals surface area contributed by atoms with Gasteiger partial charge in [0.1, 0.15) is 0 Å². The maximum Gasteiger partial charge on any atom is 2.00 e. The number of rotatable bonds is 0. The van der Waals surface area contributed by atoms with Crippen molar-refractivity contribution in [2.75, 3.05) is 0 Å². The van der Waals surface area contributed by atoms with E-state index in [1.807, 2.05) is 0 Å². The van der Waals surface area contributed by atoms with Crippen LogP contribution < -0.4 is 14.7 Å². The number of hydrogen-bond acceptors (Lipinski definition) is 4. The first kappa shape index (κ1) is 50.0. The Balaban J connectivity index is -0.00000000533. The van der Waals surface area contributed by atoms with Crippen LogP contribution in [-0.4, -0.2) is 97.4 Å². The molecule has 8 nitrogen and oxygen atoms in total. The summed E-state index contributed by atoms with van der Waals surface area (Å²) < 4.78 is 8.55. The summed E-state index contributed by atoms with van der Waals surface area (Å²) in [5.74, 6) is 0. The minimum absolute atomic E-state index is 0. The van der Waals surface area contributed by atoms with Crippen molar-refractivity contribution in [1.29, 1.82) is 0 Å². The van der Waals surface area contributed by atoms with Crippen LogP contribution in [0.4, 0.5) is 0 Å². The maximum absolute atomic E-state index is 8.55. The molecule has 0 fully saturated rings. The molecule has 0 amide bonds. The Morgan fingerprint density at radius 2 is 0.727 bits per heavy atom. The molecule has 0 rings (SSSR count). The summed E-state index contributed by atoms with van der Waals surface area (Å²) in [6.45, 7) is 0. The zero-order chi connectivity index (χ0) is 4.50. The van der Waals surface area contributed by atoms with Gasteiger partial charge in [0.25, 0.3) is 0 Å². The second kappa shape index (κ2) is 22.9. The van der Waals surface area contributed by atoms with E-state index in [0.717, 1.165) is 0 Å². The molecule has 0 heterocycles. The normalized spacial score (nSPS) is 5.36. The van der Waals surface area contributed by atoms with Crippen LogP contribution in [-0.2, 0) is 4.57 Å². The van der Waals surface area contributed by atoms with E-state index in [-0.39, 0.29) is 97.4 Å². The van der Waals surface area contributed by atoms with Crippen LogP contribution in [0.15, 0.2) is 0 Å². The molecule has 11 heteroatoms. The summed E-state index contributed by atoms with van der Waals surface area (Å²) in [5.41, 5.74) is 0. The molecule has 0 aromatic rings. The summed E-state index contributed by atoms with van der Waals surface area (Å²) in [7, 11) is -5.39. The number of phosphoric acid groups is 1. The first-order valence-corrected chi connectivity index (χ1v) is 2.19. The van der Waals surface area contributed by atoms with Gasteiger partial charge in [-0.25, -0.2) is 0 Å². The molecule has 0 aliphatic heterocycles. The van der Waals surface area contributed by atoms with Gasteiger partial charge in [-0.1, -0.05) is 0 Å². The summed E-state index contributed by atoms with van der Waals surface area (Å²) in [4.78, 5) is 25.6. The Kier molecular flexibility index (Phi) is 104. The molecular weight excluding hydrogens is 239 g/mol. The van der Waals surface area contributed by atoms with Crippen molar-refractivity contribution in [3.63, 3.8) is 0 Å². The third-order valence-electron chi connectivity index (χ3n) is 0. The van der Waals surface area contributed by atoms with Gasteiger partial charge in [0, 0.05) is 0 Å². The van der Waals surface area contributed by atoms with Crippen LogP contribution in [0.2, 0.25) is 0 Å². The molecule has 8 N–H and O–H groups in total. The van der Waals surface area contributed by atoms with E-state index in [4.69, 9.17) is 19.2 Å². The first-order chi connectivity index (χ1) is 2.00. The van der Waals surface area contributed by atoms with Crippen LogP contribution in [0.5, 0.6) is 0 Å². The smallest absolute Gasteiger partial charge is 0.822 e. The molecule has 0 bridgehead atoms. The van der Waals surface area contributed by atoms with Gasteiger partial charge in [-0.2, -0.15) is 7.82 Å². The topological polar surface area (TPSA) is 212 Å². The van der Waals surface area contributed by atoms with Gasteiger partial charge < -0.3 is 41.2 Å². The molecule has 11 heavy (non-hydrogen) atoms. The van der Waals surface area contributed by atoms with Crippen molar-refractivity contribution in [2.45, 2.75) is 0 Å². The molecule has 64 valence electrons. The molecule has 0 aliphatic carbocycles. The van der Waals surface area contributed by atoms with Crippen LogP contribution in [0.25, 0.3) is 0 Å². The van der Waals surface area contributed by atoms with Crippen LogP contribution in [0.3, 0.4) is 0 Å². The van der Waals surface area contributed by atoms with Crippen LogP contribution in [0, 0.1) is 0 Å². The average molecular weight is 247 g/mol. The standard InChI is InChI=1S/2Ca.H3O4P.4H2O/c;;1-5(2,3)4;;;;/h;;(H3,1,2,3,4);4*1H2/q2*+2;;;;;/p-3. The van der Waals surface area contributed by atoms with E-state index >= 15 is 0 Å². The Morgan fingerprint density at radius 1 is 0.727 bits per heavy atom. The minimum Gasteiger partial charge on any atom is -0.822 e. The van der Waals surface area contributed by atoms with Crippen molar-refractivity contribution in [1.82, 2.24) is 0 Å². The van der Waals surface area contributed by atoms with Gasteiger partial charge in [0.05, 0.1) is 0 Å². The van der Waals surface area contributed by atoms with Crippen molar-refractivity contribution in [3.8, 4) is 0 Å². The largest absolute Gasteiger partial charge is 2.00 e. The van der Waals surface area contributed by atoms with Gasteiger partial charge in [-0.3, -0.25) is 0 Å². The van der Waals surface area contributed by atoms with E-state index in [0.29, 0.717) is 0 Å². The van der Waals surface area contributed by atoms with Gasteiger partial charge in [-0.05, 0) is 0 Å². The summed E-state index contributed by atoms with van der Waals surface area (Å²) in [5, 5.41) is 0. The maximum atomic E-state index is 8.55. The van der Waals surface area contributed by atoms with Crippen molar-refractivity contribution in [3.05, 3.63) is 0 Å². The fraction of sp³-hybridized carbons (Fsp3) is 0. The Labute approximate surface area is 122 Å². The molecule has 0 aromatic carbocycles. The summed E-state index contributed by atoms with van der Waals surface area (Å²) >= 11 is 0. The zero-order valence-electron chi connectivity index (χ0n) is 5.49. The quantitative estimate of drug-likeness (QED) is 0.301. The zero-order valence-corrected chi connectivity index (χ0v) is 10.8. The SMILES string of the molecule is O.O.O.O.O=P([O-])([O-])[O-].[Ca+2].[Ca+2]. The van der Waals surface area contributed by atoms with Crippen molar-refractivity contribution < 1.29 is 41.2 Å². The Morgan fingerprint density at radius 3 is 0.727 bits per heavy atom. The second-order valence-corrected chi connectivity index (χ2v) is 1.34. The van der Waals surface area contributed by atoms with Gasteiger partial charge in [-0.15, -0.1) is 0 Å². The molecular formula is H8Ca2O8P+. The van der Waals surface area contributed by atoms with E-state index in [9.17, 15) is 0 Å². The molecule has 0 aromatic heterocycles. The monoisotopic (exact) mass is 247 g/mol. The predicted octanol–water partition coefficient (Wildman–Crippen LogP) is -6.88. The van der Waals surface area contributed by atoms with E-state index in [1.165, 1.54) is 0 Å². The van der Waals surface area contributed by atoms with E-state index in [2.05, 4.69) is 0 Å². The van der Waals surface area contributed by atoms with Crippen molar-refractivity contribution in [2.24, 2.45) is 0 Å². The van der Waals surface area contributed by atoms with Crippen molar-refractivity contribution >= 4 is 83.3 Å². The fourth-order valence-electron chi connectivity index (χ4n) is 0. The summed E-state index contributed by atoms with van der Waals surface area (Å²) in [6, 6.07) is 0. The Hall–Kier alpha value is 2.47. The fourth-order valence-corrected chi connectivity index (χ4v) is 0. The van der Waals surface area contributed by atoms with Crippen LogP contribution in [0.1, 0.15) is 0 Å². The molecule has 0 spiro atoms. The average Bonchev–Trinajstić information content (AvgIpc) is 0.722. The number of hydrogen-bond donors (Lipinski definition) is 0. The molecule has 0 radical (unpaired) electrons. The van der Waals surface area contributed by atoms with Gasteiger partial charge in [0.2, 0.25) is 0 Å². The Bertz CT molecular complexity index is 58.2. The molecule has 0 unspecified atom stereocenters. The van der Waals surface area contributed by atoms with Crippen LogP contribution >= 0.6 is 7.82 Å². The van der Waals surface area contributed by atoms with E-state index < -0.39 is 7.82 Å². The predicted molar refractivity (Wildman–Crippen MR) is 33.6 cm³/mol. The molecule has 0 aliphatic rings. The minimum atomic E-state index is -5.39. The van der Waals surface area contributed by atoms with Gasteiger partial charge >= 0.3 is 75.5 Å². The molecule has 0 atom stereocenters.